The lowest BCUT2D eigenvalue weighted by Gasteiger charge is -2.08. The molecule has 0 aliphatic heterocycles. The number of halogens is 1. The van der Waals surface area contributed by atoms with E-state index in [-0.39, 0.29) is 15.6 Å². The van der Waals surface area contributed by atoms with Crippen molar-refractivity contribution in [2.75, 3.05) is 5.73 Å². The van der Waals surface area contributed by atoms with Crippen LogP contribution in [0.25, 0.3) is 16.9 Å². The summed E-state index contributed by atoms with van der Waals surface area (Å²) in [4.78, 5) is 4.28. The molecule has 2 aromatic carbocycles. The molecule has 0 amide bonds. The highest BCUT2D eigenvalue weighted by molar-refractivity contribution is 7.91. The molecule has 0 saturated heterocycles. The third-order valence-corrected chi connectivity index (χ3v) is 6.01. The fraction of sp³-hybridized carbons (Fsp3) is 0. The predicted molar refractivity (Wildman–Crippen MR) is 99.7 cm³/mol. The Morgan fingerprint density at radius 1 is 1.00 bits per heavy atom. The monoisotopic (exact) mass is 384 g/mol. The smallest absolute Gasteiger partial charge is 0.211 e. The quantitative estimate of drug-likeness (QED) is 0.584. The second-order valence-electron chi connectivity index (χ2n) is 5.63. The summed E-state index contributed by atoms with van der Waals surface area (Å²) in [7, 11) is -3.79. The molecule has 4 aromatic rings. The van der Waals surface area contributed by atoms with Gasteiger partial charge in [0.05, 0.1) is 16.8 Å². The zero-order valence-electron chi connectivity index (χ0n) is 13.4. The first kappa shape index (κ1) is 16.6. The van der Waals surface area contributed by atoms with Gasteiger partial charge >= 0.3 is 0 Å². The molecule has 26 heavy (non-hydrogen) atoms. The van der Waals surface area contributed by atoms with Crippen molar-refractivity contribution in [1.82, 2.24) is 14.6 Å². The normalized spacial score (nSPS) is 11.7. The average molecular weight is 385 g/mol. The summed E-state index contributed by atoms with van der Waals surface area (Å²) in [6.45, 7) is 0. The summed E-state index contributed by atoms with van der Waals surface area (Å²) >= 11 is 5.91. The number of sulfone groups is 1. The molecular weight excluding hydrogens is 372 g/mol. The van der Waals surface area contributed by atoms with Crippen LogP contribution in [0.5, 0.6) is 0 Å². The molecule has 4 rings (SSSR count). The van der Waals surface area contributed by atoms with Crippen LogP contribution in [0.2, 0.25) is 5.02 Å². The third-order valence-electron chi connectivity index (χ3n) is 3.97. The number of nitrogens with two attached hydrogens (primary N) is 1. The van der Waals surface area contributed by atoms with Crippen LogP contribution in [0.1, 0.15) is 0 Å². The first-order chi connectivity index (χ1) is 12.5. The molecule has 2 heterocycles. The molecule has 0 aliphatic rings. The van der Waals surface area contributed by atoms with Gasteiger partial charge in [0.15, 0.2) is 5.65 Å². The number of nitrogens with zero attached hydrogens (tertiary/aromatic N) is 3. The topological polar surface area (TPSA) is 90.4 Å². The second kappa shape index (κ2) is 6.12. The Labute approximate surface area is 154 Å². The summed E-state index contributed by atoms with van der Waals surface area (Å²) < 4.78 is 27.0. The number of nitrogen functional groups attached to an aromatic ring is 1. The summed E-state index contributed by atoms with van der Waals surface area (Å²) in [6, 6.07) is 17.0. The average Bonchev–Trinajstić information content (AvgIpc) is 3.08. The SMILES string of the molecule is Nc1c(S(=O)(=O)c2ccccc2)cnc2cc(-c3ccc(Cl)cc3)nn12. The summed E-state index contributed by atoms with van der Waals surface area (Å²) in [5.74, 6) is 0.0130. The van der Waals surface area contributed by atoms with Gasteiger partial charge < -0.3 is 5.73 Å². The number of aromatic nitrogens is 3. The van der Waals surface area contributed by atoms with E-state index in [1.54, 1.807) is 36.4 Å². The van der Waals surface area contributed by atoms with Crippen LogP contribution < -0.4 is 5.73 Å². The standard InChI is InChI=1S/C18H13ClN4O2S/c19-13-8-6-12(7-9-13)15-10-17-21-11-16(18(20)23(17)22-15)26(24,25)14-4-2-1-3-5-14/h1-11H,20H2. The minimum Gasteiger partial charge on any atom is -0.382 e. The Bertz CT molecular complexity index is 1200. The number of hydrogen-bond acceptors (Lipinski definition) is 5. The Morgan fingerprint density at radius 2 is 1.69 bits per heavy atom. The third kappa shape index (κ3) is 2.71. The summed E-state index contributed by atoms with van der Waals surface area (Å²) in [5.41, 5.74) is 8.02. The van der Waals surface area contributed by atoms with Gasteiger partial charge in [-0.1, -0.05) is 41.9 Å². The highest BCUT2D eigenvalue weighted by Gasteiger charge is 2.23. The molecular formula is C18H13ClN4O2S. The van der Waals surface area contributed by atoms with Crippen LogP contribution in [-0.2, 0) is 9.84 Å². The van der Waals surface area contributed by atoms with Gasteiger partial charge in [-0.3, -0.25) is 0 Å². The lowest BCUT2D eigenvalue weighted by Crippen LogP contribution is -2.10. The van der Waals surface area contributed by atoms with E-state index in [0.29, 0.717) is 16.4 Å². The van der Waals surface area contributed by atoms with E-state index in [1.165, 1.54) is 22.8 Å². The zero-order chi connectivity index (χ0) is 18.3. The van der Waals surface area contributed by atoms with E-state index in [1.807, 2.05) is 12.1 Å². The van der Waals surface area contributed by atoms with Crippen molar-refractivity contribution in [1.29, 1.82) is 0 Å². The number of fused-ring (bicyclic) bond motifs is 1. The maximum absolute atomic E-state index is 12.8. The molecule has 130 valence electrons. The summed E-state index contributed by atoms with van der Waals surface area (Å²) in [5, 5.41) is 5.02. The van der Waals surface area contributed by atoms with Crippen LogP contribution in [-0.4, -0.2) is 23.0 Å². The van der Waals surface area contributed by atoms with E-state index in [2.05, 4.69) is 10.1 Å². The highest BCUT2D eigenvalue weighted by Crippen LogP contribution is 2.28. The van der Waals surface area contributed by atoms with Gasteiger partial charge in [-0.25, -0.2) is 13.4 Å². The number of rotatable bonds is 3. The zero-order valence-corrected chi connectivity index (χ0v) is 14.9. The molecule has 0 atom stereocenters. The number of benzene rings is 2. The van der Waals surface area contributed by atoms with Gasteiger partial charge in [0.25, 0.3) is 0 Å². The molecule has 8 heteroatoms. The Balaban J connectivity index is 1.87. The number of hydrogen-bond donors (Lipinski definition) is 1. The lowest BCUT2D eigenvalue weighted by molar-refractivity contribution is 0.595. The first-order valence-corrected chi connectivity index (χ1v) is 9.53. The maximum atomic E-state index is 12.8. The molecule has 0 bridgehead atoms. The minimum absolute atomic E-state index is 0.0130. The molecule has 0 saturated carbocycles. The van der Waals surface area contributed by atoms with Gasteiger partial charge in [-0.15, -0.1) is 0 Å². The maximum Gasteiger partial charge on any atom is 0.211 e. The Kier molecular flexibility index (Phi) is 3.90. The molecule has 2 aromatic heterocycles. The largest absolute Gasteiger partial charge is 0.382 e. The van der Waals surface area contributed by atoms with Crippen molar-refractivity contribution in [3.8, 4) is 11.3 Å². The second-order valence-corrected chi connectivity index (χ2v) is 7.99. The minimum atomic E-state index is -3.79. The van der Waals surface area contributed by atoms with E-state index < -0.39 is 9.84 Å². The van der Waals surface area contributed by atoms with Crippen molar-refractivity contribution in [3.63, 3.8) is 0 Å². The van der Waals surface area contributed by atoms with Crippen molar-refractivity contribution in [3.05, 3.63) is 71.9 Å². The molecule has 0 aliphatic carbocycles. The van der Waals surface area contributed by atoms with Crippen molar-refractivity contribution in [2.45, 2.75) is 9.79 Å². The van der Waals surface area contributed by atoms with Crippen molar-refractivity contribution in [2.24, 2.45) is 0 Å². The number of anilines is 1. The van der Waals surface area contributed by atoms with E-state index in [0.717, 1.165) is 5.56 Å². The van der Waals surface area contributed by atoms with E-state index >= 15 is 0 Å². The van der Waals surface area contributed by atoms with Gasteiger partial charge in [-0.05, 0) is 24.3 Å². The summed E-state index contributed by atoms with van der Waals surface area (Å²) in [6.07, 6.45) is 1.26. The van der Waals surface area contributed by atoms with Crippen LogP contribution in [0.3, 0.4) is 0 Å². The molecule has 0 spiro atoms. The van der Waals surface area contributed by atoms with Crippen LogP contribution in [0, 0.1) is 0 Å². The van der Waals surface area contributed by atoms with Crippen molar-refractivity contribution < 1.29 is 8.42 Å². The highest BCUT2D eigenvalue weighted by atomic mass is 35.5. The van der Waals surface area contributed by atoms with Crippen LogP contribution in [0.4, 0.5) is 5.82 Å². The van der Waals surface area contributed by atoms with E-state index in [4.69, 9.17) is 17.3 Å². The van der Waals surface area contributed by atoms with Crippen LogP contribution in [0.15, 0.2) is 76.7 Å². The van der Waals surface area contributed by atoms with Crippen LogP contribution >= 0.6 is 11.6 Å². The van der Waals surface area contributed by atoms with Crippen molar-refractivity contribution >= 4 is 32.9 Å². The molecule has 0 radical (unpaired) electrons. The molecule has 0 unspecified atom stereocenters. The van der Waals surface area contributed by atoms with Gasteiger partial charge in [0.2, 0.25) is 9.84 Å². The molecule has 0 fully saturated rings. The van der Waals surface area contributed by atoms with Gasteiger partial charge in [0.1, 0.15) is 10.7 Å². The predicted octanol–water partition coefficient (Wildman–Crippen LogP) is 3.46. The fourth-order valence-corrected chi connectivity index (χ4v) is 4.08. The molecule has 2 N–H and O–H groups in total. The fourth-order valence-electron chi connectivity index (χ4n) is 2.63. The molecule has 6 nitrogen and oxygen atoms in total. The van der Waals surface area contributed by atoms with E-state index in [9.17, 15) is 8.42 Å². The lowest BCUT2D eigenvalue weighted by atomic mass is 10.2. The van der Waals surface area contributed by atoms with Gasteiger partial charge in [-0.2, -0.15) is 9.61 Å². The Morgan fingerprint density at radius 3 is 2.38 bits per heavy atom. The Hall–Kier alpha value is -2.90. The first-order valence-electron chi connectivity index (χ1n) is 7.67. The van der Waals surface area contributed by atoms with Gasteiger partial charge in [0, 0.05) is 16.7 Å².